The zero-order chi connectivity index (χ0) is 14.4. The zero-order valence-electron chi connectivity index (χ0n) is 11.8. The molecule has 0 aromatic heterocycles. The Hall–Kier alpha value is -1.86. The highest BCUT2D eigenvalue weighted by Crippen LogP contribution is 2.33. The molecule has 0 spiro atoms. The quantitative estimate of drug-likeness (QED) is 0.837. The van der Waals surface area contributed by atoms with Gasteiger partial charge >= 0.3 is 5.97 Å². The van der Waals surface area contributed by atoms with Crippen molar-refractivity contribution in [3.8, 4) is 6.07 Å². The van der Waals surface area contributed by atoms with E-state index >= 15 is 0 Å². The number of carbonyl (C=O) groups is 1. The van der Waals surface area contributed by atoms with Gasteiger partial charge in [-0.1, -0.05) is 25.0 Å². The van der Waals surface area contributed by atoms with Crippen LogP contribution in [-0.2, 0) is 16.1 Å². The molecule has 20 heavy (non-hydrogen) atoms. The maximum absolute atomic E-state index is 11.6. The lowest BCUT2D eigenvalue weighted by Crippen LogP contribution is -2.44. The molecule has 0 saturated heterocycles. The molecule has 4 nitrogen and oxygen atoms in total. The summed E-state index contributed by atoms with van der Waals surface area (Å²) in [7, 11) is 1.43. The summed E-state index contributed by atoms with van der Waals surface area (Å²) in [6.45, 7) is 0.673. The Morgan fingerprint density at radius 1 is 1.45 bits per heavy atom. The first-order chi connectivity index (χ1) is 9.67. The van der Waals surface area contributed by atoms with Gasteiger partial charge in [0.1, 0.15) is 0 Å². The van der Waals surface area contributed by atoms with Crippen molar-refractivity contribution in [1.82, 2.24) is 5.32 Å². The van der Waals surface area contributed by atoms with Crippen molar-refractivity contribution in [3.63, 3.8) is 0 Å². The molecular formula is C16H20N2O2. The van der Waals surface area contributed by atoms with Crippen molar-refractivity contribution in [3.05, 3.63) is 35.4 Å². The van der Waals surface area contributed by atoms with Crippen LogP contribution in [0.15, 0.2) is 24.3 Å². The van der Waals surface area contributed by atoms with Gasteiger partial charge in [-0.15, -0.1) is 0 Å². The van der Waals surface area contributed by atoms with Gasteiger partial charge in [0, 0.05) is 12.1 Å². The lowest BCUT2D eigenvalue weighted by atomic mass is 9.92. The summed E-state index contributed by atoms with van der Waals surface area (Å²) in [5.74, 6) is -0.162. The first-order valence-corrected chi connectivity index (χ1v) is 6.98. The van der Waals surface area contributed by atoms with E-state index in [-0.39, 0.29) is 11.5 Å². The molecule has 106 valence electrons. The Balaban J connectivity index is 2.02. The SMILES string of the molecule is COC(=O)CC1(NCc2cccc(C#N)c2)CCCC1. The smallest absolute Gasteiger partial charge is 0.307 e. The molecule has 1 fully saturated rings. The molecule has 1 aliphatic carbocycles. The molecule has 0 amide bonds. The van der Waals surface area contributed by atoms with Gasteiger partial charge in [-0.2, -0.15) is 5.26 Å². The highest BCUT2D eigenvalue weighted by molar-refractivity contribution is 5.70. The second kappa shape index (κ2) is 6.53. The van der Waals surface area contributed by atoms with E-state index in [0.717, 1.165) is 31.2 Å². The molecule has 1 N–H and O–H groups in total. The Morgan fingerprint density at radius 2 is 2.20 bits per heavy atom. The molecule has 0 bridgehead atoms. The molecule has 0 radical (unpaired) electrons. The first kappa shape index (κ1) is 14.5. The number of hydrogen-bond acceptors (Lipinski definition) is 4. The van der Waals surface area contributed by atoms with E-state index in [0.29, 0.717) is 18.5 Å². The van der Waals surface area contributed by atoms with Crippen molar-refractivity contribution in [2.75, 3.05) is 7.11 Å². The number of methoxy groups -OCH3 is 1. The topological polar surface area (TPSA) is 62.1 Å². The van der Waals surface area contributed by atoms with Gasteiger partial charge in [0.15, 0.2) is 0 Å². The predicted molar refractivity (Wildman–Crippen MR) is 75.8 cm³/mol. The Labute approximate surface area is 119 Å². The predicted octanol–water partition coefficient (Wildman–Crippen LogP) is 2.52. The standard InChI is InChI=1S/C16H20N2O2/c1-20-15(19)10-16(7-2-3-8-16)18-12-14-6-4-5-13(9-14)11-17/h4-6,9,18H,2-3,7-8,10,12H2,1H3. The molecule has 0 atom stereocenters. The highest BCUT2D eigenvalue weighted by atomic mass is 16.5. The normalized spacial score (nSPS) is 16.6. The summed E-state index contributed by atoms with van der Waals surface area (Å²) in [5, 5.41) is 12.4. The van der Waals surface area contributed by atoms with Crippen LogP contribution in [-0.4, -0.2) is 18.6 Å². The molecule has 2 rings (SSSR count). The minimum atomic E-state index is -0.162. The summed E-state index contributed by atoms with van der Waals surface area (Å²) in [6, 6.07) is 9.70. The van der Waals surface area contributed by atoms with Crippen molar-refractivity contribution in [1.29, 1.82) is 5.26 Å². The third kappa shape index (κ3) is 3.58. The first-order valence-electron chi connectivity index (χ1n) is 6.98. The summed E-state index contributed by atoms with van der Waals surface area (Å²) in [4.78, 5) is 11.6. The number of nitriles is 1. The Bertz CT molecular complexity index is 513. The molecule has 0 unspecified atom stereocenters. The van der Waals surface area contributed by atoms with Gasteiger partial charge < -0.3 is 10.1 Å². The van der Waals surface area contributed by atoms with Crippen molar-refractivity contribution >= 4 is 5.97 Å². The molecular weight excluding hydrogens is 252 g/mol. The molecule has 0 heterocycles. The van der Waals surface area contributed by atoms with Gasteiger partial charge in [0.05, 0.1) is 25.2 Å². The number of nitrogens with one attached hydrogen (secondary N) is 1. The van der Waals surface area contributed by atoms with Gasteiger partial charge in [-0.25, -0.2) is 0 Å². The van der Waals surface area contributed by atoms with Crippen LogP contribution in [0.4, 0.5) is 0 Å². The second-order valence-corrected chi connectivity index (χ2v) is 5.41. The summed E-state index contributed by atoms with van der Waals surface area (Å²) in [6.07, 6.45) is 4.70. The third-order valence-corrected chi connectivity index (χ3v) is 3.99. The van der Waals surface area contributed by atoms with Crippen LogP contribution in [0.5, 0.6) is 0 Å². The Morgan fingerprint density at radius 3 is 2.85 bits per heavy atom. The van der Waals surface area contributed by atoms with Crippen LogP contribution < -0.4 is 5.32 Å². The van der Waals surface area contributed by atoms with Crippen LogP contribution in [0.3, 0.4) is 0 Å². The fourth-order valence-corrected chi connectivity index (χ4v) is 2.86. The number of esters is 1. The number of carbonyl (C=O) groups excluding carboxylic acids is 1. The fourth-order valence-electron chi connectivity index (χ4n) is 2.86. The zero-order valence-corrected chi connectivity index (χ0v) is 11.8. The molecule has 1 aliphatic rings. The largest absolute Gasteiger partial charge is 0.469 e. The van der Waals surface area contributed by atoms with Crippen LogP contribution in [0.25, 0.3) is 0 Å². The second-order valence-electron chi connectivity index (χ2n) is 5.41. The highest BCUT2D eigenvalue weighted by Gasteiger charge is 2.35. The molecule has 1 aromatic rings. The molecule has 4 heteroatoms. The molecule has 1 saturated carbocycles. The lowest BCUT2D eigenvalue weighted by Gasteiger charge is -2.29. The molecule has 1 aromatic carbocycles. The van der Waals surface area contributed by atoms with E-state index in [4.69, 9.17) is 10.00 Å². The number of benzene rings is 1. The van der Waals surface area contributed by atoms with Crippen molar-refractivity contribution < 1.29 is 9.53 Å². The number of rotatable bonds is 5. The maximum atomic E-state index is 11.6. The third-order valence-electron chi connectivity index (χ3n) is 3.99. The van der Waals surface area contributed by atoms with Crippen molar-refractivity contribution in [2.45, 2.75) is 44.2 Å². The van der Waals surface area contributed by atoms with Crippen LogP contribution in [0.1, 0.15) is 43.2 Å². The van der Waals surface area contributed by atoms with E-state index in [2.05, 4.69) is 11.4 Å². The average Bonchev–Trinajstić information content (AvgIpc) is 2.94. The Kier molecular flexibility index (Phi) is 4.75. The summed E-state index contributed by atoms with van der Waals surface area (Å²) >= 11 is 0. The van der Waals surface area contributed by atoms with E-state index in [1.54, 1.807) is 6.07 Å². The van der Waals surface area contributed by atoms with Crippen LogP contribution >= 0.6 is 0 Å². The maximum Gasteiger partial charge on any atom is 0.307 e. The van der Waals surface area contributed by atoms with E-state index < -0.39 is 0 Å². The monoisotopic (exact) mass is 272 g/mol. The summed E-state index contributed by atoms with van der Waals surface area (Å²) < 4.78 is 4.80. The van der Waals surface area contributed by atoms with Crippen LogP contribution in [0.2, 0.25) is 0 Å². The number of ether oxygens (including phenoxy) is 1. The van der Waals surface area contributed by atoms with Gasteiger partial charge in [-0.05, 0) is 30.5 Å². The van der Waals surface area contributed by atoms with Gasteiger partial charge in [-0.3, -0.25) is 4.79 Å². The van der Waals surface area contributed by atoms with E-state index in [1.165, 1.54) is 7.11 Å². The van der Waals surface area contributed by atoms with Gasteiger partial charge in [0.25, 0.3) is 0 Å². The number of hydrogen-bond donors (Lipinski definition) is 1. The lowest BCUT2D eigenvalue weighted by molar-refractivity contribution is -0.142. The number of nitrogens with zero attached hydrogens (tertiary/aromatic N) is 1. The van der Waals surface area contributed by atoms with E-state index in [9.17, 15) is 4.79 Å². The van der Waals surface area contributed by atoms with Gasteiger partial charge in [0.2, 0.25) is 0 Å². The van der Waals surface area contributed by atoms with Crippen molar-refractivity contribution in [2.24, 2.45) is 0 Å². The minimum Gasteiger partial charge on any atom is -0.469 e. The molecule has 0 aliphatic heterocycles. The fraction of sp³-hybridized carbons (Fsp3) is 0.500. The average molecular weight is 272 g/mol. The summed E-state index contributed by atoms with van der Waals surface area (Å²) in [5.41, 5.74) is 1.59. The van der Waals surface area contributed by atoms with Crippen LogP contribution in [0, 0.1) is 11.3 Å². The van der Waals surface area contributed by atoms with E-state index in [1.807, 2.05) is 18.2 Å². The minimum absolute atomic E-state index is 0.143.